The fourth-order valence-corrected chi connectivity index (χ4v) is 2.05. The van der Waals surface area contributed by atoms with Crippen molar-refractivity contribution in [3.05, 3.63) is 47.5 Å². The Morgan fingerprint density at radius 1 is 0.800 bits per heavy atom. The number of nitrogens with zero attached hydrogens (tertiary/aromatic N) is 1. The van der Waals surface area contributed by atoms with Crippen molar-refractivity contribution in [3.8, 4) is 17.2 Å². The molecule has 0 heterocycles. The van der Waals surface area contributed by atoms with Crippen LogP contribution in [-0.2, 0) is 12.8 Å². The van der Waals surface area contributed by atoms with Crippen molar-refractivity contribution in [1.29, 1.82) is 0 Å². The fraction of sp³-hybridized carbons (Fsp3) is 0.250. The van der Waals surface area contributed by atoms with E-state index >= 15 is 0 Å². The highest BCUT2D eigenvalue weighted by molar-refractivity contribution is 5.53. The number of phenolic OH excluding ortho intramolecular Hbond substituents is 3. The zero-order chi connectivity index (χ0) is 14.7. The zero-order valence-electron chi connectivity index (χ0n) is 11.7. The Bertz CT molecular complexity index is 591. The number of aryl methyl sites for hydroxylation is 2. The van der Waals surface area contributed by atoms with Crippen molar-refractivity contribution in [2.24, 2.45) is 0 Å². The van der Waals surface area contributed by atoms with Crippen molar-refractivity contribution in [2.45, 2.75) is 12.8 Å². The maximum atomic E-state index is 9.76. The molecular formula is C16H19NO3. The SMILES string of the molecule is CN(C)c1ccc(CCc2ccc(O)c(O)c2O)cc1. The van der Waals surface area contributed by atoms with E-state index < -0.39 is 5.75 Å². The van der Waals surface area contributed by atoms with Crippen molar-refractivity contribution in [2.75, 3.05) is 19.0 Å². The summed E-state index contributed by atoms with van der Waals surface area (Å²) in [7, 11) is 3.98. The van der Waals surface area contributed by atoms with Crippen LogP contribution in [0.25, 0.3) is 0 Å². The highest BCUT2D eigenvalue weighted by Gasteiger charge is 2.10. The smallest absolute Gasteiger partial charge is 0.200 e. The van der Waals surface area contributed by atoms with E-state index in [0.717, 1.165) is 17.7 Å². The van der Waals surface area contributed by atoms with Gasteiger partial charge in [-0.3, -0.25) is 0 Å². The quantitative estimate of drug-likeness (QED) is 0.749. The van der Waals surface area contributed by atoms with Gasteiger partial charge >= 0.3 is 0 Å². The molecular weight excluding hydrogens is 254 g/mol. The van der Waals surface area contributed by atoms with Crippen molar-refractivity contribution < 1.29 is 15.3 Å². The van der Waals surface area contributed by atoms with Crippen LogP contribution in [0.3, 0.4) is 0 Å². The highest BCUT2D eigenvalue weighted by atomic mass is 16.3. The first kappa shape index (κ1) is 14.1. The molecule has 0 aliphatic rings. The molecule has 106 valence electrons. The maximum Gasteiger partial charge on any atom is 0.200 e. The molecule has 20 heavy (non-hydrogen) atoms. The lowest BCUT2D eigenvalue weighted by atomic mass is 10.0. The van der Waals surface area contributed by atoms with Gasteiger partial charge < -0.3 is 20.2 Å². The van der Waals surface area contributed by atoms with E-state index in [9.17, 15) is 15.3 Å². The Kier molecular flexibility index (Phi) is 4.03. The van der Waals surface area contributed by atoms with Crippen LogP contribution in [0.4, 0.5) is 5.69 Å². The van der Waals surface area contributed by atoms with Crippen LogP contribution in [0.1, 0.15) is 11.1 Å². The molecule has 0 aliphatic carbocycles. The lowest BCUT2D eigenvalue weighted by Crippen LogP contribution is -2.08. The highest BCUT2D eigenvalue weighted by Crippen LogP contribution is 2.37. The second-order valence-corrected chi connectivity index (χ2v) is 5.00. The third kappa shape index (κ3) is 2.96. The van der Waals surface area contributed by atoms with E-state index in [-0.39, 0.29) is 11.5 Å². The van der Waals surface area contributed by atoms with Gasteiger partial charge in [0.15, 0.2) is 11.5 Å². The van der Waals surface area contributed by atoms with Crippen LogP contribution in [0.15, 0.2) is 36.4 Å². The van der Waals surface area contributed by atoms with Gasteiger partial charge in [0, 0.05) is 19.8 Å². The first-order valence-electron chi connectivity index (χ1n) is 6.48. The number of hydrogen-bond donors (Lipinski definition) is 3. The summed E-state index contributed by atoms with van der Waals surface area (Å²) in [5.41, 5.74) is 2.92. The minimum Gasteiger partial charge on any atom is -0.504 e. The Balaban J connectivity index is 2.07. The topological polar surface area (TPSA) is 63.9 Å². The molecule has 0 spiro atoms. The first-order chi connectivity index (χ1) is 9.49. The molecule has 3 N–H and O–H groups in total. The molecule has 0 radical (unpaired) electrons. The van der Waals surface area contributed by atoms with Gasteiger partial charge in [-0.05, 0) is 42.2 Å². The number of hydrogen-bond acceptors (Lipinski definition) is 4. The number of benzene rings is 2. The van der Waals surface area contributed by atoms with Crippen LogP contribution in [0, 0.1) is 0 Å². The monoisotopic (exact) mass is 273 g/mol. The number of rotatable bonds is 4. The van der Waals surface area contributed by atoms with E-state index in [0.29, 0.717) is 12.0 Å². The third-order valence-corrected chi connectivity index (χ3v) is 3.35. The summed E-state index contributed by atoms with van der Waals surface area (Å²) in [4.78, 5) is 2.04. The van der Waals surface area contributed by atoms with Gasteiger partial charge in [0.1, 0.15) is 0 Å². The molecule has 0 unspecified atom stereocenters. The summed E-state index contributed by atoms with van der Waals surface area (Å²) in [5, 5.41) is 28.5. The van der Waals surface area contributed by atoms with Crippen LogP contribution >= 0.6 is 0 Å². The predicted molar refractivity (Wildman–Crippen MR) is 79.6 cm³/mol. The summed E-state index contributed by atoms with van der Waals surface area (Å²) in [6.45, 7) is 0. The predicted octanol–water partition coefficient (Wildman–Crippen LogP) is 2.65. The zero-order valence-corrected chi connectivity index (χ0v) is 11.7. The minimum absolute atomic E-state index is 0.241. The van der Waals surface area contributed by atoms with Gasteiger partial charge in [0.2, 0.25) is 5.75 Å². The molecule has 0 atom stereocenters. The molecule has 0 saturated carbocycles. The molecule has 4 nitrogen and oxygen atoms in total. The second kappa shape index (κ2) is 5.74. The van der Waals surface area contributed by atoms with Crippen molar-refractivity contribution in [3.63, 3.8) is 0 Å². The van der Waals surface area contributed by atoms with Crippen LogP contribution < -0.4 is 4.90 Å². The normalized spacial score (nSPS) is 10.5. The van der Waals surface area contributed by atoms with Gasteiger partial charge in [0.25, 0.3) is 0 Å². The summed E-state index contributed by atoms with van der Waals surface area (Å²) in [5.74, 6) is -0.998. The molecule has 4 heteroatoms. The van der Waals surface area contributed by atoms with Gasteiger partial charge in [-0.15, -0.1) is 0 Å². The van der Waals surface area contributed by atoms with Gasteiger partial charge in [-0.2, -0.15) is 0 Å². The first-order valence-corrected chi connectivity index (χ1v) is 6.48. The van der Waals surface area contributed by atoms with Crippen LogP contribution in [0.5, 0.6) is 17.2 Å². The van der Waals surface area contributed by atoms with Crippen LogP contribution in [0.2, 0.25) is 0 Å². The van der Waals surface area contributed by atoms with E-state index in [1.54, 1.807) is 6.07 Å². The molecule has 0 fully saturated rings. The average molecular weight is 273 g/mol. The summed E-state index contributed by atoms with van der Waals surface area (Å²) >= 11 is 0. The summed E-state index contributed by atoms with van der Waals surface area (Å²) < 4.78 is 0. The largest absolute Gasteiger partial charge is 0.504 e. The molecule has 0 aromatic heterocycles. The number of aromatic hydroxyl groups is 3. The van der Waals surface area contributed by atoms with E-state index in [2.05, 4.69) is 0 Å². The minimum atomic E-state index is -0.453. The molecule has 2 aromatic rings. The van der Waals surface area contributed by atoms with E-state index in [4.69, 9.17) is 0 Å². The fourth-order valence-electron chi connectivity index (χ4n) is 2.05. The maximum absolute atomic E-state index is 9.76. The summed E-state index contributed by atoms with van der Waals surface area (Å²) in [6, 6.07) is 11.2. The van der Waals surface area contributed by atoms with Gasteiger partial charge in [0.05, 0.1) is 0 Å². The van der Waals surface area contributed by atoms with Crippen molar-refractivity contribution >= 4 is 5.69 Å². The lowest BCUT2D eigenvalue weighted by Gasteiger charge is -2.13. The molecule has 0 aliphatic heterocycles. The number of anilines is 1. The Morgan fingerprint density at radius 2 is 1.45 bits per heavy atom. The molecule has 2 rings (SSSR count). The molecule has 2 aromatic carbocycles. The second-order valence-electron chi connectivity index (χ2n) is 5.00. The Morgan fingerprint density at radius 3 is 2.05 bits per heavy atom. The average Bonchev–Trinajstić information content (AvgIpc) is 2.44. The Labute approximate surface area is 118 Å². The molecule has 0 bridgehead atoms. The number of phenols is 3. The molecule has 0 saturated heterocycles. The van der Waals surface area contributed by atoms with Gasteiger partial charge in [-0.1, -0.05) is 18.2 Å². The summed E-state index contributed by atoms with van der Waals surface area (Å²) in [6.07, 6.45) is 1.35. The third-order valence-electron chi connectivity index (χ3n) is 3.35. The molecule has 0 amide bonds. The van der Waals surface area contributed by atoms with Crippen LogP contribution in [-0.4, -0.2) is 29.4 Å². The standard InChI is InChI=1S/C16H19NO3/c1-17(2)13-8-4-11(5-9-13)3-6-12-7-10-14(18)16(20)15(12)19/h4-5,7-10,18-20H,3,6H2,1-2H3. The lowest BCUT2D eigenvalue weighted by molar-refractivity contribution is 0.365. The van der Waals surface area contributed by atoms with E-state index in [1.165, 1.54) is 6.07 Å². The van der Waals surface area contributed by atoms with Gasteiger partial charge in [-0.25, -0.2) is 0 Å². The van der Waals surface area contributed by atoms with Crippen molar-refractivity contribution in [1.82, 2.24) is 0 Å². The Hall–Kier alpha value is -2.36. The van der Waals surface area contributed by atoms with E-state index in [1.807, 2.05) is 43.3 Å².